The highest BCUT2D eigenvalue weighted by Crippen LogP contribution is 2.24. The first-order valence-electron chi connectivity index (χ1n) is 9.92. The molecule has 2 heterocycles. The predicted octanol–water partition coefficient (Wildman–Crippen LogP) is 3.86. The Balaban J connectivity index is 1.48. The van der Waals surface area contributed by atoms with Crippen LogP contribution in [-0.4, -0.2) is 58.8 Å². The van der Waals surface area contributed by atoms with Crippen molar-refractivity contribution in [2.75, 3.05) is 37.4 Å². The highest BCUT2D eigenvalue weighted by Gasteiger charge is 2.19. The summed E-state index contributed by atoms with van der Waals surface area (Å²) >= 11 is 5.09. The molecule has 3 rings (SSSR count). The Morgan fingerprint density at radius 2 is 2.14 bits per heavy atom. The lowest BCUT2D eigenvalue weighted by Crippen LogP contribution is -2.27. The number of aliphatic hydroxyl groups is 1. The second-order valence-electron chi connectivity index (χ2n) is 7.33. The number of anilines is 3. The predicted molar refractivity (Wildman–Crippen MR) is 124 cm³/mol. The zero-order valence-corrected chi connectivity index (χ0v) is 19.3. The van der Waals surface area contributed by atoms with Crippen molar-refractivity contribution in [3.05, 3.63) is 34.9 Å². The van der Waals surface area contributed by atoms with Gasteiger partial charge in [-0.3, -0.25) is 4.72 Å². The zero-order valence-electron chi connectivity index (χ0n) is 16.9. The van der Waals surface area contributed by atoms with Crippen LogP contribution in [0.2, 0.25) is 0 Å². The molecule has 158 valence electrons. The van der Waals surface area contributed by atoms with Crippen LogP contribution in [0.25, 0.3) is 0 Å². The molecule has 7 nitrogen and oxygen atoms in total. The monoisotopic (exact) mass is 480 g/mol. The standard InChI is InChI=1S/C20H29BrN6OS/c1-14(13-28)24-19-18(21)12-22-20(26-19)25-15-5-7-17(8-6-15)29-23-10-9-16-4-3-11-27(16)2/h5-8,12,14,16,23,28H,3-4,9-11,13H2,1-2H3,(H2,22,24,25,26)/t14-,16?/m1/s1. The second kappa shape index (κ2) is 11.1. The number of nitrogens with zero attached hydrogens (tertiary/aromatic N) is 3. The van der Waals surface area contributed by atoms with Crippen LogP contribution in [0.5, 0.6) is 0 Å². The smallest absolute Gasteiger partial charge is 0.229 e. The Bertz CT molecular complexity index is 778. The van der Waals surface area contributed by atoms with Gasteiger partial charge in [-0.25, -0.2) is 4.98 Å². The average Bonchev–Trinajstić information content (AvgIpc) is 3.13. The minimum absolute atomic E-state index is 0.0315. The number of aromatic nitrogens is 2. The molecule has 1 aliphatic rings. The topological polar surface area (TPSA) is 85.3 Å². The highest BCUT2D eigenvalue weighted by molar-refractivity contribution is 9.10. The summed E-state index contributed by atoms with van der Waals surface area (Å²) in [4.78, 5) is 12.4. The van der Waals surface area contributed by atoms with E-state index in [9.17, 15) is 5.11 Å². The lowest BCUT2D eigenvalue weighted by molar-refractivity contribution is 0.281. The Kier molecular flexibility index (Phi) is 8.55. The molecule has 1 aliphatic heterocycles. The summed E-state index contributed by atoms with van der Waals surface area (Å²) in [6, 6.07) is 8.82. The molecule has 1 unspecified atom stereocenters. The van der Waals surface area contributed by atoms with Crippen molar-refractivity contribution in [3.8, 4) is 0 Å². The van der Waals surface area contributed by atoms with Crippen molar-refractivity contribution in [1.29, 1.82) is 0 Å². The summed E-state index contributed by atoms with van der Waals surface area (Å²) < 4.78 is 4.22. The Morgan fingerprint density at radius 1 is 1.34 bits per heavy atom. The minimum atomic E-state index is -0.0908. The third-order valence-corrected chi connectivity index (χ3v) is 6.39. The third kappa shape index (κ3) is 6.82. The lowest BCUT2D eigenvalue weighted by atomic mass is 10.1. The molecule has 9 heteroatoms. The third-order valence-electron chi connectivity index (χ3n) is 4.95. The van der Waals surface area contributed by atoms with Gasteiger partial charge in [0, 0.05) is 35.4 Å². The van der Waals surface area contributed by atoms with Gasteiger partial charge in [-0.1, -0.05) is 0 Å². The van der Waals surface area contributed by atoms with Crippen LogP contribution >= 0.6 is 27.9 Å². The first kappa shape index (κ1) is 22.3. The van der Waals surface area contributed by atoms with E-state index in [2.05, 4.69) is 65.3 Å². The molecule has 0 radical (unpaired) electrons. The van der Waals surface area contributed by atoms with Gasteiger partial charge >= 0.3 is 0 Å². The fourth-order valence-corrected chi connectivity index (χ4v) is 4.21. The first-order valence-corrected chi connectivity index (χ1v) is 11.5. The van der Waals surface area contributed by atoms with Gasteiger partial charge in [0.1, 0.15) is 5.82 Å². The number of halogens is 1. The van der Waals surface area contributed by atoms with Crippen molar-refractivity contribution in [2.45, 2.75) is 43.2 Å². The molecule has 1 aromatic heterocycles. The molecular formula is C20H29BrN6OS. The number of likely N-dealkylation sites (tertiary alicyclic amines) is 1. The van der Waals surface area contributed by atoms with Gasteiger partial charge in [-0.05, 0) is 91.9 Å². The van der Waals surface area contributed by atoms with Crippen LogP contribution in [-0.2, 0) is 0 Å². The number of benzene rings is 1. The summed E-state index contributed by atoms with van der Waals surface area (Å²) in [5.41, 5.74) is 0.922. The molecule has 29 heavy (non-hydrogen) atoms. The maximum Gasteiger partial charge on any atom is 0.229 e. The van der Waals surface area contributed by atoms with Crippen molar-refractivity contribution in [2.24, 2.45) is 0 Å². The van der Waals surface area contributed by atoms with Crippen LogP contribution in [0.4, 0.5) is 17.5 Å². The van der Waals surface area contributed by atoms with E-state index in [1.165, 1.54) is 30.7 Å². The molecule has 1 saturated heterocycles. The number of hydrogen-bond acceptors (Lipinski definition) is 8. The summed E-state index contributed by atoms with van der Waals surface area (Å²) in [7, 11) is 2.22. The fourth-order valence-electron chi connectivity index (χ4n) is 3.25. The number of rotatable bonds is 10. The van der Waals surface area contributed by atoms with Gasteiger partial charge in [0.15, 0.2) is 0 Å². The molecule has 0 aliphatic carbocycles. The normalized spacial score (nSPS) is 18.0. The molecule has 0 spiro atoms. The molecule has 2 atom stereocenters. The van der Waals surface area contributed by atoms with E-state index < -0.39 is 0 Å². The van der Waals surface area contributed by atoms with Crippen molar-refractivity contribution in [1.82, 2.24) is 19.6 Å². The van der Waals surface area contributed by atoms with E-state index in [4.69, 9.17) is 0 Å². The van der Waals surface area contributed by atoms with Gasteiger partial charge in [-0.2, -0.15) is 4.98 Å². The molecule has 1 aromatic carbocycles. The highest BCUT2D eigenvalue weighted by atomic mass is 79.9. The van der Waals surface area contributed by atoms with E-state index in [1.54, 1.807) is 18.1 Å². The van der Waals surface area contributed by atoms with Crippen molar-refractivity contribution >= 4 is 45.3 Å². The number of nitrogens with one attached hydrogen (secondary N) is 3. The molecule has 0 saturated carbocycles. The SMILES string of the molecule is C[C@H](CO)Nc1nc(Nc2ccc(SNCCC3CCCN3C)cc2)ncc1Br. The maximum absolute atomic E-state index is 9.22. The van der Waals surface area contributed by atoms with Crippen LogP contribution < -0.4 is 15.4 Å². The van der Waals surface area contributed by atoms with Crippen molar-refractivity contribution in [3.63, 3.8) is 0 Å². The molecule has 0 bridgehead atoms. The lowest BCUT2D eigenvalue weighted by Gasteiger charge is -2.19. The number of hydrogen-bond donors (Lipinski definition) is 4. The maximum atomic E-state index is 9.22. The summed E-state index contributed by atoms with van der Waals surface area (Å²) in [6.45, 7) is 4.16. The Morgan fingerprint density at radius 3 is 2.83 bits per heavy atom. The van der Waals surface area contributed by atoms with Gasteiger partial charge in [0.25, 0.3) is 0 Å². The van der Waals surface area contributed by atoms with Gasteiger partial charge in [0.05, 0.1) is 11.1 Å². The zero-order chi connectivity index (χ0) is 20.6. The largest absolute Gasteiger partial charge is 0.394 e. The first-order chi connectivity index (χ1) is 14.0. The van der Waals surface area contributed by atoms with Crippen LogP contribution in [0.1, 0.15) is 26.2 Å². The van der Waals surface area contributed by atoms with Crippen LogP contribution in [0, 0.1) is 0 Å². The fraction of sp³-hybridized carbons (Fsp3) is 0.500. The van der Waals surface area contributed by atoms with E-state index in [1.807, 2.05) is 19.1 Å². The Labute approximate surface area is 185 Å². The van der Waals surface area contributed by atoms with Gasteiger partial charge in [-0.15, -0.1) is 0 Å². The minimum Gasteiger partial charge on any atom is -0.394 e. The van der Waals surface area contributed by atoms with Crippen LogP contribution in [0.3, 0.4) is 0 Å². The molecule has 1 fully saturated rings. The van der Waals surface area contributed by atoms with E-state index in [0.717, 1.165) is 22.7 Å². The molecular weight excluding hydrogens is 452 g/mol. The quantitative estimate of drug-likeness (QED) is 0.301. The molecule has 4 N–H and O–H groups in total. The Hall–Kier alpha value is -1.39. The van der Waals surface area contributed by atoms with E-state index in [0.29, 0.717) is 11.8 Å². The second-order valence-corrected chi connectivity index (χ2v) is 9.15. The van der Waals surface area contributed by atoms with Crippen molar-refractivity contribution < 1.29 is 5.11 Å². The number of aliphatic hydroxyl groups excluding tert-OH is 1. The van der Waals surface area contributed by atoms with E-state index >= 15 is 0 Å². The van der Waals surface area contributed by atoms with E-state index in [-0.39, 0.29) is 12.6 Å². The summed E-state index contributed by atoms with van der Waals surface area (Å²) in [6.07, 6.45) is 5.52. The average molecular weight is 481 g/mol. The molecule has 2 aromatic rings. The van der Waals surface area contributed by atoms with Crippen LogP contribution in [0.15, 0.2) is 39.8 Å². The summed E-state index contributed by atoms with van der Waals surface area (Å²) in [5, 5.41) is 15.6. The molecule has 0 amide bonds. The van der Waals surface area contributed by atoms with Gasteiger partial charge in [0.2, 0.25) is 5.95 Å². The van der Waals surface area contributed by atoms with Gasteiger partial charge < -0.3 is 20.6 Å². The summed E-state index contributed by atoms with van der Waals surface area (Å²) in [5.74, 6) is 1.15.